The molecule has 0 saturated heterocycles. The maximum atomic E-state index is 8.00. The van der Waals surface area contributed by atoms with Crippen molar-refractivity contribution in [3.63, 3.8) is 0 Å². The molecule has 1 aliphatic rings. The van der Waals surface area contributed by atoms with Crippen LogP contribution in [0.1, 0.15) is 6.42 Å². The molecule has 0 amide bonds. The van der Waals surface area contributed by atoms with Gasteiger partial charge in [-0.2, -0.15) is 6.08 Å². The zero-order valence-corrected chi connectivity index (χ0v) is 7.66. The van der Waals surface area contributed by atoms with Crippen LogP contribution in [0, 0.1) is 6.08 Å². The van der Waals surface area contributed by atoms with Crippen LogP contribution in [-0.4, -0.2) is 20.4 Å². The van der Waals surface area contributed by atoms with Crippen LogP contribution < -0.4 is 0 Å². The molecule has 71 valence electrons. The SMILES string of the molecule is C=O.C=O.C=O.[C-]1=CC=CC1.[Co]. The van der Waals surface area contributed by atoms with Gasteiger partial charge < -0.3 is 14.4 Å². The summed E-state index contributed by atoms with van der Waals surface area (Å²) in [6.45, 7) is 6.00. The summed E-state index contributed by atoms with van der Waals surface area (Å²) in [6.07, 6.45) is 10.0. The van der Waals surface area contributed by atoms with E-state index in [9.17, 15) is 0 Å². The molecule has 0 spiro atoms. The first kappa shape index (κ1) is 22.4. The predicted molar refractivity (Wildman–Crippen MR) is 42.9 cm³/mol. The molecule has 0 heterocycles. The van der Waals surface area contributed by atoms with Crippen molar-refractivity contribution < 1.29 is 31.2 Å². The molecule has 12 heavy (non-hydrogen) atoms. The fourth-order valence-corrected chi connectivity index (χ4v) is 0.340. The Morgan fingerprint density at radius 3 is 1.50 bits per heavy atom. The summed E-state index contributed by atoms with van der Waals surface area (Å²) in [4.78, 5) is 24.0. The number of carbonyl (C=O) groups excluding carboxylic acids is 3. The predicted octanol–water partition coefficient (Wildman–Crippen LogP) is 0.748. The molecule has 3 nitrogen and oxygen atoms in total. The Hall–Kier alpha value is -1.00. The Morgan fingerprint density at radius 1 is 1.00 bits per heavy atom. The van der Waals surface area contributed by atoms with Crippen LogP contribution in [0.25, 0.3) is 0 Å². The average molecular weight is 214 g/mol. The van der Waals surface area contributed by atoms with Crippen molar-refractivity contribution in [3.8, 4) is 0 Å². The Bertz CT molecular complexity index is 98.1. The quantitative estimate of drug-likeness (QED) is 0.559. The van der Waals surface area contributed by atoms with Gasteiger partial charge in [-0.25, -0.2) is 12.2 Å². The summed E-state index contributed by atoms with van der Waals surface area (Å²) >= 11 is 0. The molecule has 0 aliphatic heterocycles. The minimum atomic E-state index is 0. The molecular weight excluding hydrogens is 203 g/mol. The molecule has 0 saturated carbocycles. The number of allylic oxidation sites excluding steroid dienone is 4. The van der Waals surface area contributed by atoms with E-state index in [0.29, 0.717) is 0 Å². The first-order valence-electron chi connectivity index (χ1n) is 2.58. The zero-order chi connectivity index (χ0) is 9.54. The van der Waals surface area contributed by atoms with Crippen molar-refractivity contribution in [2.45, 2.75) is 6.42 Å². The minimum Gasteiger partial charge on any atom is -0.307 e. The molecule has 1 radical (unpaired) electrons. The molecule has 0 aromatic carbocycles. The Labute approximate surface area is 82.7 Å². The fraction of sp³-hybridized carbons (Fsp3) is 0.125. The summed E-state index contributed by atoms with van der Waals surface area (Å²) in [6, 6.07) is 0. The smallest absolute Gasteiger partial charge is 0.106 e. The molecule has 0 fully saturated rings. The van der Waals surface area contributed by atoms with Crippen molar-refractivity contribution in [1.29, 1.82) is 0 Å². The summed E-state index contributed by atoms with van der Waals surface area (Å²) in [7, 11) is 0. The van der Waals surface area contributed by atoms with E-state index >= 15 is 0 Å². The van der Waals surface area contributed by atoms with E-state index in [1.165, 1.54) is 0 Å². The summed E-state index contributed by atoms with van der Waals surface area (Å²) in [5.41, 5.74) is 0. The van der Waals surface area contributed by atoms with Gasteiger partial charge in [0.25, 0.3) is 0 Å². The van der Waals surface area contributed by atoms with Gasteiger partial charge >= 0.3 is 0 Å². The molecule has 0 N–H and O–H groups in total. The third-order valence-corrected chi connectivity index (χ3v) is 0.586. The van der Waals surface area contributed by atoms with Gasteiger partial charge in [0.2, 0.25) is 0 Å². The van der Waals surface area contributed by atoms with Crippen molar-refractivity contribution in [3.05, 3.63) is 24.3 Å². The number of carbonyl (C=O) groups is 3. The van der Waals surface area contributed by atoms with E-state index in [1.54, 1.807) is 0 Å². The molecular formula is C8H11CoO3-. The van der Waals surface area contributed by atoms with Crippen molar-refractivity contribution in [2.75, 3.05) is 0 Å². The zero-order valence-electron chi connectivity index (χ0n) is 6.62. The Morgan fingerprint density at radius 2 is 1.42 bits per heavy atom. The van der Waals surface area contributed by atoms with Crippen LogP contribution in [0.4, 0.5) is 0 Å². The van der Waals surface area contributed by atoms with E-state index in [-0.39, 0.29) is 16.8 Å². The van der Waals surface area contributed by atoms with E-state index in [4.69, 9.17) is 14.4 Å². The van der Waals surface area contributed by atoms with Gasteiger partial charge in [-0.05, 0) is 0 Å². The summed E-state index contributed by atoms with van der Waals surface area (Å²) < 4.78 is 0. The molecule has 4 heteroatoms. The van der Waals surface area contributed by atoms with Crippen LogP contribution in [0.2, 0.25) is 0 Å². The second kappa shape index (κ2) is 50.7. The van der Waals surface area contributed by atoms with Gasteiger partial charge in [-0.15, -0.1) is 6.42 Å². The monoisotopic (exact) mass is 214 g/mol. The summed E-state index contributed by atoms with van der Waals surface area (Å²) in [5, 5.41) is 0. The van der Waals surface area contributed by atoms with Crippen LogP contribution in [0.15, 0.2) is 18.2 Å². The molecule has 0 bridgehead atoms. The first-order chi connectivity index (χ1) is 5.50. The minimum absolute atomic E-state index is 0. The Balaban J connectivity index is -0.0000000406. The van der Waals surface area contributed by atoms with Gasteiger partial charge in [-0.1, -0.05) is 0 Å². The van der Waals surface area contributed by atoms with E-state index in [2.05, 4.69) is 12.2 Å². The molecule has 0 unspecified atom stereocenters. The van der Waals surface area contributed by atoms with Crippen molar-refractivity contribution >= 4 is 20.4 Å². The van der Waals surface area contributed by atoms with Crippen LogP contribution >= 0.6 is 0 Å². The van der Waals surface area contributed by atoms with Gasteiger partial charge in [0.15, 0.2) is 0 Å². The standard InChI is InChI=1S/C5H5.3CH2O.Co/c1-2-4-5-3-1;3*1-2;/h1-3H,4H2;3*1H2;/q-1;;;;. The second-order valence-corrected chi connectivity index (χ2v) is 1.00. The van der Waals surface area contributed by atoms with Gasteiger partial charge in [-0.3, -0.25) is 6.08 Å². The van der Waals surface area contributed by atoms with E-state index in [0.717, 1.165) is 6.42 Å². The third-order valence-electron chi connectivity index (χ3n) is 0.586. The maximum Gasteiger partial charge on any atom is 0.106 e. The summed E-state index contributed by atoms with van der Waals surface area (Å²) in [5.74, 6) is 0. The second-order valence-electron chi connectivity index (χ2n) is 1.00. The molecule has 0 atom stereocenters. The van der Waals surface area contributed by atoms with E-state index in [1.807, 2.05) is 32.5 Å². The third kappa shape index (κ3) is 36.0. The Kier molecular flexibility index (Phi) is 94.8. The van der Waals surface area contributed by atoms with Gasteiger partial charge in [0, 0.05) is 16.8 Å². The normalized spacial score (nSPS) is 8.33. The molecule has 1 aliphatic carbocycles. The van der Waals surface area contributed by atoms with Gasteiger partial charge in [0.05, 0.1) is 0 Å². The van der Waals surface area contributed by atoms with Crippen LogP contribution in [0.3, 0.4) is 0 Å². The average Bonchev–Trinajstić information content (AvgIpc) is 2.71. The topological polar surface area (TPSA) is 51.2 Å². The fourth-order valence-electron chi connectivity index (χ4n) is 0.340. The molecule has 1 rings (SSSR count). The van der Waals surface area contributed by atoms with Crippen molar-refractivity contribution in [1.82, 2.24) is 0 Å². The van der Waals surface area contributed by atoms with Crippen LogP contribution in [-0.2, 0) is 31.2 Å². The largest absolute Gasteiger partial charge is 0.307 e. The first-order valence-corrected chi connectivity index (χ1v) is 2.58. The van der Waals surface area contributed by atoms with Crippen LogP contribution in [0.5, 0.6) is 0 Å². The maximum absolute atomic E-state index is 8.00. The number of hydrogen-bond donors (Lipinski definition) is 0. The van der Waals surface area contributed by atoms with E-state index < -0.39 is 0 Å². The molecule has 0 aromatic heterocycles. The van der Waals surface area contributed by atoms with Gasteiger partial charge in [0.1, 0.15) is 20.4 Å². The molecule has 0 aromatic rings. The number of rotatable bonds is 0. The number of hydrogen-bond acceptors (Lipinski definition) is 3. The van der Waals surface area contributed by atoms with Crippen molar-refractivity contribution in [2.24, 2.45) is 0 Å².